The second kappa shape index (κ2) is 7.87. The lowest BCUT2D eigenvalue weighted by Gasteiger charge is -2.09. The van der Waals surface area contributed by atoms with E-state index in [4.69, 9.17) is 0 Å². The van der Waals surface area contributed by atoms with Crippen LogP contribution in [0, 0.1) is 6.92 Å². The van der Waals surface area contributed by atoms with E-state index in [2.05, 4.69) is 82.0 Å². The summed E-state index contributed by atoms with van der Waals surface area (Å²) < 4.78 is 0. The molecular weight excluding hydrogens is 332 g/mol. The van der Waals surface area contributed by atoms with Crippen molar-refractivity contribution in [3.05, 3.63) is 90.3 Å². The molecule has 0 amide bonds. The number of aryl methyl sites for hydroxylation is 1. The molecule has 2 heterocycles. The van der Waals surface area contributed by atoms with Crippen molar-refractivity contribution >= 4 is 5.82 Å². The lowest BCUT2D eigenvalue weighted by Crippen LogP contribution is -2.06. The van der Waals surface area contributed by atoms with Crippen molar-refractivity contribution in [2.75, 3.05) is 11.9 Å². The Morgan fingerprint density at radius 2 is 1.81 bits per heavy atom. The molecular formula is C23H22N4. The number of rotatable bonds is 6. The fourth-order valence-electron chi connectivity index (χ4n) is 3.20. The molecule has 4 rings (SSSR count). The fraction of sp³-hybridized carbons (Fsp3) is 0.130. The second-order valence-corrected chi connectivity index (χ2v) is 6.62. The van der Waals surface area contributed by atoms with Gasteiger partial charge in [0.05, 0.1) is 11.9 Å². The van der Waals surface area contributed by atoms with Gasteiger partial charge in [0.25, 0.3) is 0 Å². The van der Waals surface area contributed by atoms with Crippen LogP contribution in [0.25, 0.3) is 22.4 Å². The maximum atomic E-state index is 4.46. The molecule has 27 heavy (non-hydrogen) atoms. The predicted molar refractivity (Wildman–Crippen MR) is 111 cm³/mol. The maximum absolute atomic E-state index is 4.46. The Balaban J connectivity index is 1.52. The predicted octanol–water partition coefficient (Wildman–Crippen LogP) is 5.10. The first-order valence-electron chi connectivity index (χ1n) is 9.14. The van der Waals surface area contributed by atoms with Crippen LogP contribution in [0.15, 0.2) is 79.1 Å². The van der Waals surface area contributed by atoms with Gasteiger partial charge in [0.1, 0.15) is 5.82 Å². The van der Waals surface area contributed by atoms with E-state index in [0.717, 1.165) is 41.2 Å². The highest BCUT2D eigenvalue weighted by molar-refractivity contribution is 5.81. The van der Waals surface area contributed by atoms with Crippen LogP contribution >= 0.6 is 0 Å². The van der Waals surface area contributed by atoms with Crippen LogP contribution in [-0.4, -0.2) is 21.7 Å². The van der Waals surface area contributed by atoms with Gasteiger partial charge in [0.15, 0.2) is 0 Å². The lowest BCUT2D eigenvalue weighted by molar-refractivity contribution is 1.01. The molecule has 0 unspecified atom stereocenters. The molecule has 2 aromatic carbocycles. The minimum absolute atomic E-state index is 0.844. The third-order valence-electron chi connectivity index (χ3n) is 4.58. The number of anilines is 1. The fourth-order valence-corrected chi connectivity index (χ4v) is 3.20. The van der Waals surface area contributed by atoms with Gasteiger partial charge in [-0.2, -0.15) is 5.10 Å². The maximum Gasteiger partial charge on any atom is 0.126 e. The van der Waals surface area contributed by atoms with E-state index >= 15 is 0 Å². The molecule has 0 radical (unpaired) electrons. The number of nitrogens with zero attached hydrogens (tertiary/aromatic N) is 2. The average Bonchev–Trinajstić information content (AvgIpc) is 3.19. The molecule has 0 saturated carbocycles. The zero-order valence-electron chi connectivity index (χ0n) is 15.3. The molecule has 0 fully saturated rings. The summed E-state index contributed by atoms with van der Waals surface area (Å²) in [7, 11) is 0. The zero-order chi connectivity index (χ0) is 18.5. The van der Waals surface area contributed by atoms with Crippen molar-refractivity contribution in [2.24, 2.45) is 0 Å². The van der Waals surface area contributed by atoms with Crippen molar-refractivity contribution in [1.82, 2.24) is 15.2 Å². The van der Waals surface area contributed by atoms with E-state index in [1.54, 1.807) is 0 Å². The van der Waals surface area contributed by atoms with Crippen LogP contribution in [0.3, 0.4) is 0 Å². The highest BCUT2D eigenvalue weighted by Gasteiger charge is 2.11. The van der Waals surface area contributed by atoms with Crippen LogP contribution < -0.4 is 5.32 Å². The van der Waals surface area contributed by atoms with E-state index < -0.39 is 0 Å². The third-order valence-corrected chi connectivity index (χ3v) is 4.58. The second-order valence-electron chi connectivity index (χ2n) is 6.62. The van der Waals surface area contributed by atoms with Crippen LogP contribution in [0.4, 0.5) is 5.82 Å². The lowest BCUT2D eigenvalue weighted by atomic mass is 10.0. The van der Waals surface area contributed by atoms with Gasteiger partial charge >= 0.3 is 0 Å². The highest BCUT2D eigenvalue weighted by Crippen LogP contribution is 2.31. The molecule has 0 spiro atoms. The molecule has 4 heteroatoms. The number of benzene rings is 2. The summed E-state index contributed by atoms with van der Waals surface area (Å²) in [4.78, 5) is 4.46. The molecule has 134 valence electrons. The van der Waals surface area contributed by atoms with Gasteiger partial charge in [-0.05, 0) is 42.7 Å². The van der Waals surface area contributed by atoms with E-state index in [-0.39, 0.29) is 0 Å². The molecule has 0 aliphatic heterocycles. The third kappa shape index (κ3) is 4.06. The number of H-pyrrole nitrogens is 1. The zero-order valence-corrected chi connectivity index (χ0v) is 15.3. The Morgan fingerprint density at radius 3 is 2.67 bits per heavy atom. The Bertz CT molecular complexity index is 1020. The minimum Gasteiger partial charge on any atom is -0.370 e. The molecule has 2 N–H and O–H groups in total. The Morgan fingerprint density at radius 1 is 0.926 bits per heavy atom. The van der Waals surface area contributed by atoms with E-state index in [1.165, 1.54) is 11.1 Å². The van der Waals surface area contributed by atoms with Crippen LogP contribution in [-0.2, 0) is 6.42 Å². The SMILES string of the molecule is Cc1cccc(-c2[nH]ncc2-c2ccnc(NCCc3ccccc3)c2)c1. The number of pyridine rings is 1. The summed E-state index contributed by atoms with van der Waals surface area (Å²) >= 11 is 0. The molecule has 0 bridgehead atoms. The number of aromatic amines is 1. The van der Waals surface area contributed by atoms with Crippen molar-refractivity contribution in [3.8, 4) is 22.4 Å². The molecule has 0 aliphatic rings. The van der Waals surface area contributed by atoms with Crippen molar-refractivity contribution in [2.45, 2.75) is 13.3 Å². The summed E-state index contributed by atoms with van der Waals surface area (Å²) in [5.41, 5.74) is 6.88. The number of nitrogens with one attached hydrogen (secondary N) is 2. The van der Waals surface area contributed by atoms with E-state index in [9.17, 15) is 0 Å². The highest BCUT2D eigenvalue weighted by atomic mass is 15.1. The normalized spacial score (nSPS) is 10.7. The summed E-state index contributed by atoms with van der Waals surface area (Å²) in [6.07, 6.45) is 4.68. The first-order chi connectivity index (χ1) is 13.3. The van der Waals surface area contributed by atoms with Gasteiger partial charge in [0, 0.05) is 23.9 Å². The minimum atomic E-state index is 0.844. The smallest absolute Gasteiger partial charge is 0.126 e. The summed E-state index contributed by atoms with van der Waals surface area (Å²) in [5, 5.41) is 10.8. The van der Waals surface area contributed by atoms with Gasteiger partial charge in [0.2, 0.25) is 0 Å². The monoisotopic (exact) mass is 354 g/mol. The van der Waals surface area contributed by atoms with Gasteiger partial charge in [-0.25, -0.2) is 4.98 Å². The Kier molecular flexibility index (Phi) is 4.97. The van der Waals surface area contributed by atoms with E-state index in [1.807, 2.05) is 24.5 Å². The summed E-state index contributed by atoms with van der Waals surface area (Å²) in [6, 6.07) is 23.0. The van der Waals surface area contributed by atoms with Crippen LogP contribution in [0.5, 0.6) is 0 Å². The topological polar surface area (TPSA) is 53.6 Å². The first kappa shape index (κ1) is 17.0. The van der Waals surface area contributed by atoms with Crippen LogP contribution in [0.2, 0.25) is 0 Å². The molecule has 0 atom stereocenters. The quantitative estimate of drug-likeness (QED) is 0.506. The summed E-state index contributed by atoms with van der Waals surface area (Å²) in [5.74, 6) is 0.875. The molecule has 0 saturated heterocycles. The Hall–Kier alpha value is -3.40. The first-order valence-corrected chi connectivity index (χ1v) is 9.14. The van der Waals surface area contributed by atoms with Crippen molar-refractivity contribution in [1.29, 1.82) is 0 Å². The van der Waals surface area contributed by atoms with Gasteiger partial charge < -0.3 is 5.32 Å². The van der Waals surface area contributed by atoms with Crippen molar-refractivity contribution in [3.63, 3.8) is 0 Å². The molecule has 2 aromatic heterocycles. The molecule has 0 aliphatic carbocycles. The van der Waals surface area contributed by atoms with Crippen LogP contribution in [0.1, 0.15) is 11.1 Å². The van der Waals surface area contributed by atoms with E-state index in [0.29, 0.717) is 0 Å². The molecule has 4 aromatic rings. The number of aromatic nitrogens is 3. The standard InChI is InChI=1S/C23H22N4/c1-17-6-5-9-20(14-17)23-21(16-26-27-23)19-11-13-25-22(15-19)24-12-10-18-7-3-2-4-8-18/h2-9,11,13-16H,10,12H2,1H3,(H,24,25)(H,26,27). The number of hydrogen-bond donors (Lipinski definition) is 2. The van der Waals surface area contributed by atoms with Gasteiger partial charge in [-0.15, -0.1) is 0 Å². The van der Waals surface area contributed by atoms with Crippen molar-refractivity contribution < 1.29 is 0 Å². The van der Waals surface area contributed by atoms with Gasteiger partial charge in [-0.3, -0.25) is 5.10 Å². The average molecular weight is 354 g/mol. The summed E-state index contributed by atoms with van der Waals surface area (Å²) in [6.45, 7) is 2.94. The Labute approximate surface area is 159 Å². The van der Waals surface area contributed by atoms with Gasteiger partial charge in [-0.1, -0.05) is 54.1 Å². The number of hydrogen-bond acceptors (Lipinski definition) is 3. The molecule has 4 nitrogen and oxygen atoms in total. The largest absolute Gasteiger partial charge is 0.370 e.